The summed E-state index contributed by atoms with van der Waals surface area (Å²) >= 11 is 0. The number of rotatable bonds is 5. The van der Waals surface area contributed by atoms with Crippen molar-refractivity contribution < 1.29 is 10.2 Å². The van der Waals surface area contributed by atoms with Crippen molar-refractivity contribution >= 4 is 0 Å². The third-order valence-electron chi connectivity index (χ3n) is 4.23. The van der Waals surface area contributed by atoms with Crippen molar-refractivity contribution in [1.29, 1.82) is 0 Å². The summed E-state index contributed by atoms with van der Waals surface area (Å²) in [4.78, 5) is 0. The van der Waals surface area contributed by atoms with E-state index in [1.807, 2.05) is 0 Å². The van der Waals surface area contributed by atoms with Crippen LogP contribution in [0.2, 0.25) is 0 Å². The van der Waals surface area contributed by atoms with E-state index in [0.29, 0.717) is 6.04 Å². The Kier molecular flexibility index (Phi) is 3.80. The molecule has 0 aliphatic heterocycles. The Morgan fingerprint density at radius 1 is 1.47 bits per heavy atom. The average molecular weight is 215 g/mol. The second-order valence-corrected chi connectivity index (χ2v) is 5.83. The number of aliphatic hydroxyl groups is 2. The SMILES string of the molecule is CCC(C)(CO)CNC1CC(O)C1(C)C. The molecule has 0 amide bonds. The van der Waals surface area contributed by atoms with E-state index in [4.69, 9.17) is 0 Å². The number of nitrogens with one attached hydrogen (secondary N) is 1. The van der Waals surface area contributed by atoms with Gasteiger partial charge in [0.1, 0.15) is 0 Å². The molecule has 1 saturated carbocycles. The van der Waals surface area contributed by atoms with E-state index in [1.165, 1.54) is 0 Å². The monoisotopic (exact) mass is 215 g/mol. The highest BCUT2D eigenvalue weighted by Gasteiger charge is 2.47. The molecule has 0 aromatic rings. The zero-order valence-corrected chi connectivity index (χ0v) is 10.4. The molecule has 0 radical (unpaired) electrons. The summed E-state index contributed by atoms with van der Waals surface area (Å²) in [6.07, 6.45) is 1.61. The zero-order valence-electron chi connectivity index (χ0n) is 10.4. The largest absolute Gasteiger partial charge is 0.396 e. The summed E-state index contributed by atoms with van der Waals surface area (Å²) in [6, 6.07) is 0.380. The van der Waals surface area contributed by atoms with Crippen molar-refractivity contribution in [2.45, 2.75) is 52.7 Å². The Hall–Kier alpha value is -0.120. The fourth-order valence-electron chi connectivity index (χ4n) is 1.91. The molecule has 1 fully saturated rings. The van der Waals surface area contributed by atoms with E-state index < -0.39 is 0 Å². The van der Waals surface area contributed by atoms with Crippen LogP contribution in [0.15, 0.2) is 0 Å². The summed E-state index contributed by atoms with van der Waals surface area (Å²) < 4.78 is 0. The van der Waals surface area contributed by atoms with Crippen LogP contribution < -0.4 is 5.32 Å². The minimum Gasteiger partial charge on any atom is -0.396 e. The lowest BCUT2D eigenvalue weighted by atomic mass is 9.64. The molecule has 0 saturated heterocycles. The fraction of sp³-hybridized carbons (Fsp3) is 1.00. The maximum Gasteiger partial charge on any atom is 0.0621 e. The van der Waals surface area contributed by atoms with Gasteiger partial charge in [-0.05, 0) is 12.8 Å². The van der Waals surface area contributed by atoms with E-state index in [0.717, 1.165) is 19.4 Å². The zero-order chi connectivity index (χ0) is 11.7. The van der Waals surface area contributed by atoms with E-state index >= 15 is 0 Å². The van der Waals surface area contributed by atoms with Crippen LogP contribution in [0.25, 0.3) is 0 Å². The Morgan fingerprint density at radius 3 is 2.40 bits per heavy atom. The molecule has 0 heterocycles. The summed E-state index contributed by atoms with van der Waals surface area (Å²) in [5.41, 5.74) is -0.0548. The van der Waals surface area contributed by atoms with Gasteiger partial charge in [-0.25, -0.2) is 0 Å². The van der Waals surface area contributed by atoms with Gasteiger partial charge in [-0.15, -0.1) is 0 Å². The molecule has 0 aromatic carbocycles. The minimum absolute atomic E-state index is 0.0237. The van der Waals surface area contributed by atoms with Gasteiger partial charge in [0.2, 0.25) is 0 Å². The molecule has 3 unspecified atom stereocenters. The van der Waals surface area contributed by atoms with Crippen LogP contribution in [0.1, 0.15) is 40.5 Å². The lowest BCUT2D eigenvalue weighted by Gasteiger charge is -2.50. The Balaban J connectivity index is 2.39. The van der Waals surface area contributed by atoms with Crippen LogP contribution in [0.3, 0.4) is 0 Å². The van der Waals surface area contributed by atoms with Crippen LogP contribution >= 0.6 is 0 Å². The van der Waals surface area contributed by atoms with Crippen LogP contribution in [-0.2, 0) is 0 Å². The number of hydrogen-bond acceptors (Lipinski definition) is 3. The number of hydrogen-bond donors (Lipinski definition) is 3. The van der Waals surface area contributed by atoms with Gasteiger partial charge in [-0.1, -0.05) is 27.7 Å². The molecule has 1 rings (SSSR count). The highest BCUT2D eigenvalue weighted by Crippen LogP contribution is 2.40. The minimum atomic E-state index is -0.183. The molecule has 1 aliphatic rings. The van der Waals surface area contributed by atoms with Crippen molar-refractivity contribution in [2.75, 3.05) is 13.2 Å². The van der Waals surface area contributed by atoms with E-state index in [9.17, 15) is 10.2 Å². The van der Waals surface area contributed by atoms with Crippen molar-refractivity contribution in [3.8, 4) is 0 Å². The van der Waals surface area contributed by atoms with Crippen molar-refractivity contribution in [3.05, 3.63) is 0 Å². The van der Waals surface area contributed by atoms with Gasteiger partial charge in [-0.3, -0.25) is 0 Å². The highest BCUT2D eigenvalue weighted by molar-refractivity contribution is 5.02. The van der Waals surface area contributed by atoms with E-state index in [-0.39, 0.29) is 23.5 Å². The smallest absolute Gasteiger partial charge is 0.0621 e. The first kappa shape index (κ1) is 12.9. The lowest BCUT2D eigenvalue weighted by Crippen LogP contribution is -2.61. The van der Waals surface area contributed by atoms with Crippen LogP contribution in [0.4, 0.5) is 0 Å². The molecule has 0 spiro atoms. The highest BCUT2D eigenvalue weighted by atomic mass is 16.3. The first-order chi connectivity index (χ1) is 6.85. The van der Waals surface area contributed by atoms with Gasteiger partial charge < -0.3 is 15.5 Å². The fourth-order valence-corrected chi connectivity index (χ4v) is 1.91. The molecule has 3 nitrogen and oxygen atoms in total. The summed E-state index contributed by atoms with van der Waals surface area (Å²) in [7, 11) is 0. The van der Waals surface area contributed by atoms with Crippen LogP contribution in [0, 0.1) is 10.8 Å². The Labute approximate surface area is 92.9 Å². The van der Waals surface area contributed by atoms with Crippen molar-refractivity contribution in [1.82, 2.24) is 5.32 Å². The Bertz CT molecular complexity index is 212. The lowest BCUT2D eigenvalue weighted by molar-refractivity contribution is -0.0759. The standard InChI is InChI=1S/C12H25NO2/c1-5-12(4,8-14)7-13-9-6-10(15)11(9,2)3/h9-10,13-15H,5-8H2,1-4H3. The average Bonchev–Trinajstić information content (AvgIpc) is 2.23. The first-order valence-corrected chi connectivity index (χ1v) is 5.88. The van der Waals surface area contributed by atoms with Gasteiger partial charge in [0, 0.05) is 30.0 Å². The molecule has 0 aromatic heterocycles. The van der Waals surface area contributed by atoms with Crippen molar-refractivity contribution in [2.24, 2.45) is 10.8 Å². The van der Waals surface area contributed by atoms with Gasteiger partial charge >= 0.3 is 0 Å². The summed E-state index contributed by atoms with van der Waals surface area (Å²) in [5, 5.41) is 22.3. The van der Waals surface area contributed by atoms with Gasteiger partial charge in [0.15, 0.2) is 0 Å². The van der Waals surface area contributed by atoms with E-state index in [2.05, 4.69) is 33.0 Å². The van der Waals surface area contributed by atoms with Crippen LogP contribution in [0.5, 0.6) is 0 Å². The molecule has 3 heteroatoms. The predicted molar refractivity (Wildman–Crippen MR) is 61.7 cm³/mol. The summed E-state index contributed by atoms with van der Waals surface area (Å²) in [6.45, 7) is 9.38. The third-order valence-corrected chi connectivity index (χ3v) is 4.23. The second kappa shape index (κ2) is 4.40. The molecule has 0 bridgehead atoms. The molecular weight excluding hydrogens is 190 g/mol. The maximum absolute atomic E-state index is 9.60. The normalized spacial score (nSPS) is 33.2. The van der Waals surface area contributed by atoms with Gasteiger partial charge in [0.25, 0.3) is 0 Å². The second-order valence-electron chi connectivity index (χ2n) is 5.83. The molecule has 1 aliphatic carbocycles. The van der Waals surface area contributed by atoms with Crippen molar-refractivity contribution in [3.63, 3.8) is 0 Å². The Morgan fingerprint density at radius 2 is 2.07 bits per heavy atom. The third kappa shape index (κ3) is 2.52. The molecule has 3 atom stereocenters. The predicted octanol–water partition coefficient (Wildman–Crippen LogP) is 1.14. The molecule has 3 N–H and O–H groups in total. The molecule has 15 heavy (non-hydrogen) atoms. The molecule has 90 valence electrons. The molecular formula is C12H25NO2. The first-order valence-electron chi connectivity index (χ1n) is 5.88. The van der Waals surface area contributed by atoms with Gasteiger partial charge in [0.05, 0.1) is 6.10 Å². The quantitative estimate of drug-likeness (QED) is 0.645. The van der Waals surface area contributed by atoms with Gasteiger partial charge in [-0.2, -0.15) is 0 Å². The summed E-state index contributed by atoms with van der Waals surface area (Å²) in [5.74, 6) is 0. The maximum atomic E-state index is 9.60. The van der Waals surface area contributed by atoms with Crippen LogP contribution in [-0.4, -0.2) is 35.5 Å². The number of aliphatic hydroxyl groups excluding tert-OH is 2. The topological polar surface area (TPSA) is 52.5 Å². The van der Waals surface area contributed by atoms with E-state index in [1.54, 1.807) is 0 Å².